The number of aryl methyl sites for hydroxylation is 2. The molecule has 1 aliphatic rings. The van der Waals surface area contributed by atoms with Gasteiger partial charge >= 0.3 is 0 Å². The average molecular weight is 439 g/mol. The van der Waals surface area contributed by atoms with Crippen molar-refractivity contribution in [3.05, 3.63) is 59.4 Å². The standard InChI is InChI=1S/C22H30N8O2/c1-15-27-28-20(30(15)4)12-23-21(24-14-22(2,31)16-11-25-29(3)13-16)26-18-9-10-32-19-8-6-5-7-17(18)19/h5-8,11,13,18,31H,9-10,12,14H2,1-4H3,(H2,23,24,26). The highest BCUT2D eigenvalue weighted by molar-refractivity contribution is 5.80. The van der Waals surface area contributed by atoms with Gasteiger partial charge in [-0.25, -0.2) is 4.99 Å². The molecule has 4 rings (SSSR count). The molecule has 0 fully saturated rings. The number of fused-ring (bicyclic) bond motifs is 1. The molecule has 0 saturated heterocycles. The van der Waals surface area contributed by atoms with E-state index in [4.69, 9.17) is 9.73 Å². The molecule has 1 aromatic carbocycles. The molecule has 0 amide bonds. The van der Waals surface area contributed by atoms with Crippen LogP contribution in [-0.4, -0.2) is 48.8 Å². The van der Waals surface area contributed by atoms with Gasteiger partial charge in [0.15, 0.2) is 11.8 Å². The summed E-state index contributed by atoms with van der Waals surface area (Å²) in [5.74, 6) is 3.05. The molecule has 3 N–H and O–H groups in total. The smallest absolute Gasteiger partial charge is 0.192 e. The first-order chi connectivity index (χ1) is 15.3. The molecular formula is C22H30N8O2. The van der Waals surface area contributed by atoms with Crippen LogP contribution in [0.1, 0.15) is 42.2 Å². The van der Waals surface area contributed by atoms with Gasteiger partial charge in [0.1, 0.15) is 23.7 Å². The Kier molecular flexibility index (Phi) is 6.13. The van der Waals surface area contributed by atoms with Gasteiger partial charge in [-0.1, -0.05) is 18.2 Å². The van der Waals surface area contributed by atoms with Crippen molar-refractivity contribution in [2.45, 2.75) is 38.5 Å². The highest BCUT2D eigenvalue weighted by Crippen LogP contribution is 2.31. The molecular weight excluding hydrogens is 408 g/mol. The monoisotopic (exact) mass is 438 g/mol. The molecule has 2 unspecified atom stereocenters. The zero-order valence-electron chi connectivity index (χ0n) is 18.9. The van der Waals surface area contributed by atoms with Gasteiger partial charge in [0, 0.05) is 37.8 Å². The number of hydrogen-bond donors (Lipinski definition) is 3. The van der Waals surface area contributed by atoms with Gasteiger partial charge in [0.05, 0.1) is 25.4 Å². The van der Waals surface area contributed by atoms with Crippen LogP contribution >= 0.6 is 0 Å². The van der Waals surface area contributed by atoms with E-state index in [2.05, 4.69) is 32.0 Å². The normalized spacial score (nSPS) is 17.9. The summed E-state index contributed by atoms with van der Waals surface area (Å²) in [4.78, 5) is 4.74. The number of guanidine groups is 1. The number of hydrogen-bond acceptors (Lipinski definition) is 6. The molecule has 0 saturated carbocycles. The molecule has 10 heteroatoms. The number of rotatable bonds is 6. The van der Waals surface area contributed by atoms with Crippen LogP contribution < -0.4 is 15.4 Å². The van der Waals surface area contributed by atoms with Crippen LogP contribution in [0.2, 0.25) is 0 Å². The van der Waals surface area contributed by atoms with Crippen molar-refractivity contribution in [3.8, 4) is 5.75 Å². The van der Waals surface area contributed by atoms with Crippen LogP contribution in [-0.2, 0) is 26.2 Å². The fourth-order valence-electron chi connectivity index (χ4n) is 3.61. The van der Waals surface area contributed by atoms with E-state index in [-0.39, 0.29) is 12.6 Å². The first-order valence-corrected chi connectivity index (χ1v) is 10.7. The summed E-state index contributed by atoms with van der Waals surface area (Å²) in [5.41, 5.74) is 0.694. The van der Waals surface area contributed by atoms with Gasteiger partial charge in [0.2, 0.25) is 0 Å². The van der Waals surface area contributed by atoms with Crippen molar-refractivity contribution in [3.63, 3.8) is 0 Å². The van der Waals surface area contributed by atoms with Crippen molar-refractivity contribution in [1.82, 2.24) is 35.2 Å². The lowest BCUT2D eigenvalue weighted by Gasteiger charge is -2.29. The highest BCUT2D eigenvalue weighted by atomic mass is 16.5. The van der Waals surface area contributed by atoms with Gasteiger partial charge in [-0.15, -0.1) is 10.2 Å². The maximum atomic E-state index is 11.0. The third kappa shape index (κ3) is 4.75. The van der Waals surface area contributed by atoms with E-state index in [0.717, 1.165) is 34.9 Å². The molecule has 2 atom stereocenters. The lowest BCUT2D eigenvalue weighted by molar-refractivity contribution is 0.0615. The maximum Gasteiger partial charge on any atom is 0.192 e. The Labute approximate surface area is 187 Å². The molecule has 0 aliphatic carbocycles. The van der Waals surface area contributed by atoms with Crippen LogP contribution in [0.25, 0.3) is 0 Å². The number of aliphatic imine (C=N–C) groups is 1. The van der Waals surface area contributed by atoms with Crippen molar-refractivity contribution >= 4 is 5.96 Å². The molecule has 3 heterocycles. The fraction of sp³-hybridized carbons (Fsp3) is 0.455. The zero-order valence-corrected chi connectivity index (χ0v) is 18.9. The van der Waals surface area contributed by atoms with Gasteiger partial charge in [-0.3, -0.25) is 4.68 Å². The number of aromatic nitrogens is 5. The zero-order chi connectivity index (χ0) is 22.7. The van der Waals surface area contributed by atoms with E-state index in [0.29, 0.717) is 19.1 Å². The minimum atomic E-state index is -1.12. The van der Waals surface area contributed by atoms with Crippen molar-refractivity contribution in [2.24, 2.45) is 19.1 Å². The van der Waals surface area contributed by atoms with Gasteiger partial charge in [0.25, 0.3) is 0 Å². The topological polar surface area (TPSA) is 114 Å². The summed E-state index contributed by atoms with van der Waals surface area (Å²) in [7, 11) is 3.75. The number of aliphatic hydroxyl groups is 1. The van der Waals surface area contributed by atoms with Crippen molar-refractivity contribution in [1.29, 1.82) is 0 Å². The van der Waals surface area contributed by atoms with E-state index in [1.807, 2.05) is 50.0 Å². The molecule has 0 bridgehead atoms. The number of ether oxygens (including phenoxy) is 1. The molecule has 3 aromatic rings. The van der Waals surface area contributed by atoms with Crippen LogP contribution in [0.3, 0.4) is 0 Å². The van der Waals surface area contributed by atoms with Gasteiger partial charge < -0.3 is 25.0 Å². The minimum absolute atomic E-state index is 0.0378. The number of para-hydroxylation sites is 1. The summed E-state index contributed by atoms with van der Waals surface area (Å²) >= 11 is 0. The Morgan fingerprint density at radius 1 is 1.31 bits per heavy atom. The van der Waals surface area contributed by atoms with Crippen LogP contribution in [0.15, 0.2) is 41.7 Å². The number of nitrogens with one attached hydrogen (secondary N) is 2. The van der Waals surface area contributed by atoms with E-state index < -0.39 is 5.60 Å². The Morgan fingerprint density at radius 3 is 2.84 bits per heavy atom. The quantitative estimate of drug-likeness (QED) is 0.393. The second-order valence-electron chi connectivity index (χ2n) is 8.29. The lowest BCUT2D eigenvalue weighted by atomic mass is 9.99. The fourth-order valence-corrected chi connectivity index (χ4v) is 3.61. The van der Waals surface area contributed by atoms with Crippen molar-refractivity contribution in [2.75, 3.05) is 13.2 Å². The molecule has 0 spiro atoms. The van der Waals surface area contributed by atoms with E-state index >= 15 is 0 Å². The number of nitrogens with zero attached hydrogens (tertiary/aromatic N) is 6. The lowest BCUT2D eigenvalue weighted by Crippen LogP contribution is -2.46. The third-order valence-corrected chi connectivity index (χ3v) is 5.76. The predicted octanol–water partition coefficient (Wildman–Crippen LogP) is 1.32. The minimum Gasteiger partial charge on any atom is -0.493 e. The Bertz CT molecular complexity index is 1100. The van der Waals surface area contributed by atoms with Gasteiger partial charge in [-0.05, 0) is 19.9 Å². The molecule has 1 aliphatic heterocycles. The van der Waals surface area contributed by atoms with Crippen LogP contribution in [0.4, 0.5) is 0 Å². The Morgan fingerprint density at radius 2 is 2.12 bits per heavy atom. The van der Waals surface area contributed by atoms with Gasteiger partial charge in [-0.2, -0.15) is 5.10 Å². The largest absolute Gasteiger partial charge is 0.493 e. The summed E-state index contributed by atoms with van der Waals surface area (Å²) < 4.78 is 9.37. The molecule has 2 aromatic heterocycles. The van der Waals surface area contributed by atoms with Crippen molar-refractivity contribution < 1.29 is 9.84 Å². The third-order valence-electron chi connectivity index (χ3n) is 5.76. The second-order valence-corrected chi connectivity index (χ2v) is 8.29. The first kappa shape index (κ1) is 21.8. The van der Waals surface area contributed by atoms with E-state index in [1.54, 1.807) is 17.8 Å². The van der Waals surface area contributed by atoms with E-state index in [1.165, 1.54) is 0 Å². The maximum absolute atomic E-state index is 11.0. The molecule has 170 valence electrons. The highest BCUT2D eigenvalue weighted by Gasteiger charge is 2.27. The Hall–Kier alpha value is -3.40. The Balaban J connectivity index is 1.54. The summed E-state index contributed by atoms with van der Waals surface area (Å²) in [6.07, 6.45) is 4.28. The van der Waals surface area contributed by atoms with Crippen LogP contribution in [0.5, 0.6) is 5.75 Å². The summed E-state index contributed by atoms with van der Waals surface area (Å²) in [6.45, 7) is 4.89. The summed E-state index contributed by atoms with van der Waals surface area (Å²) in [6, 6.07) is 8.04. The first-order valence-electron chi connectivity index (χ1n) is 10.7. The average Bonchev–Trinajstić information content (AvgIpc) is 3.36. The second kappa shape index (κ2) is 8.99. The molecule has 10 nitrogen and oxygen atoms in total. The van der Waals surface area contributed by atoms with E-state index in [9.17, 15) is 5.11 Å². The SMILES string of the molecule is Cc1nnc(CN=C(NCC(C)(O)c2cnn(C)c2)NC2CCOc3ccccc32)n1C. The van der Waals surface area contributed by atoms with Crippen LogP contribution in [0, 0.1) is 6.92 Å². The predicted molar refractivity (Wildman–Crippen MR) is 120 cm³/mol. The molecule has 32 heavy (non-hydrogen) atoms. The summed E-state index contributed by atoms with van der Waals surface area (Å²) in [5, 5.41) is 30.3. The molecule has 0 radical (unpaired) electrons. The number of benzene rings is 1.